The Labute approximate surface area is 121 Å². The number of rotatable bonds is 5. The molecule has 0 aliphatic carbocycles. The van der Waals surface area contributed by atoms with Crippen molar-refractivity contribution in [2.45, 2.75) is 26.3 Å². The van der Waals surface area contributed by atoms with E-state index in [4.69, 9.17) is 15.2 Å². The van der Waals surface area contributed by atoms with Crippen molar-refractivity contribution >= 4 is 0 Å². The lowest BCUT2D eigenvalue weighted by Gasteiger charge is -2.24. The molecule has 4 heteroatoms. The highest BCUT2D eigenvalue weighted by atomic mass is 16.5. The third-order valence-electron chi connectivity index (χ3n) is 4.05. The van der Waals surface area contributed by atoms with Crippen molar-refractivity contribution in [2.24, 2.45) is 11.1 Å². The van der Waals surface area contributed by atoms with Crippen LogP contribution in [0.1, 0.15) is 31.9 Å². The summed E-state index contributed by atoms with van der Waals surface area (Å²) in [6.45, 7) is 7.70. The van der Waals surface area contributed by atoms with E-state index in [1.807, 2.05) is 18.2 Å². The molecular formula is C16H26N2O2. The summed E-state index contributed by atoms with van der Waals surface area (Å²) in [5.74, 6) is 1.65. The quantitative estimate of drug-likeness (QED) is 0.898. The average Bonchev–Trinajstić information content (AvgIpc) is 2.77. The monoisotopic (exact) mass is 278 g/mol. The van der Waals surface area contributed by atoms with Crippen molar-refractivity contribution in [3.05, 3.63) is 23.8 Å². The van der Waals surface area contributed by atoms with E-state index in [0.29, 0.717) is 5.41 Å². The highest BCUT2D eigenvalue weighted by Gasteiger charge is 2.30. The first-order valence-corrected chi connectivity index (χ1v) is 7.15. The first-order chi connectivity index (χ1) is 9.45. The van der Waals surface area contributed by atoms with Crippen LogP contribution in [-0.4, -0.2) is 38.8 Å². The fraction of sp³-hybridized carbons (Fsp3) is 0.625. The number of methoxy groups -OCH3 is 2. The molecule has 2 N–H and O–H groups in total. The maximum atomic E-state index is 6.39. The van der Waals surface area contributed by atoms with Gasteiger partial charge in [0.25, 0.3) is 0 Å². The van der Waals surface area contributed by atoms with Gasteiger partial charge in [0.15, 0.2) is 0 Å². The number of benzene rings is 1. The van der Waals surface area contributed by atoms with Crippen LogP contribution in [0.5, 0.6) is 11.5 Å². The van der Waals surface area contributed by atoms with Gasteiger partial charge in [-0.2, -0.15) is 0 Å². The van der Waals surface area contributed by atoms with Gasteiger partial charge < -0.3 is 20.1 Å². The Morgan fingerprint density at radius 2 is 2.05 bits per heavy atom. The average molecular weight is 278 g/mol. The lowest BCUT2D eigenvalue weighted by Crippen LogP contribution is -2.31. The molecule has 0 amide bonds. The fourth-order valence-electron chi connectivity index (χ4n) is 2.89. The summed E-state index contributed by atoms with van der Waals surface area (Å²) in [6.07, 6.45) is 1.23. The number of nitrogens with two attached hydrogens (primary N) is 1. The highest BCUT2D eigenvalue weighted by Crippen LogP contribution is 2.32. The molecule has 0 spiro atoms. The van der Waals surface area contributed by atoms with Gasteiger partial charge in [-0.1, -0.05) is 13.8 Å². The first-order valence-electron chi connectivity index (χ1n) is 7.15. The van der Waals surface area contributed by atoms with Gasteiger partial charge in [0, 0.05) is 24.7 Å². The number of hydrogen-bond donors (Lipinski definition) is 1. The minimum atomic E-state index is -0.0612. The maximum absolute atomic E-state index is 6.39. The summed E-state index contributed by atoms with van der Waals surface area (Å²) in [7, 11) is 3.34. The topological polar surface area (TPSA) is 47.7 Å². The zero-order chi connectivity index (χ0) is 14.8. The second kappa shape index (κ2) is 6.02. The van der Waals surface area contributed by atoms with E-state index in [1.165, 1.54) is 6.42 Å². The van der Waals surface area contributed by atoms with Crippen LogP contribution in [-0.2, 0) is 0 Å². The SMILES string of the molecule is COc1ccc(OC)c(C(N)CN2CCC(C)(C)C2)c1. The predicted octanol–water partition coefficient (Wildman–Crippen LogP) is 2.44. The molecule has 0 saturated carbocycles. The van der Waals surface area contributed by atoms with Gasteiger partial charge in [0.2, 0.25) is 0 Å². The minimum absolute atomic E-state index is 0.0612. The second-order valence-corrected chi connectivity index (χ2v) is 6.36. The molecule has 1 heterocycles. The number of hydrogen-bond acceptors (Lipinski definition) is 4. The molecule has 1 saturated heterocycles. The smallest absolute Gasteiger partial charge is 0.123 e. The maximum Gasteiger partial charge on any atom is 0.123 e. The van der Waals surface area contributed by atoms with E-state index in [1.54, 1.807) is 14.2 Å². The summed E-state index contributed by atoms with van der Waals surface area (Å²) in [6, 6.07) is 5.73. The van der Waals surface area contributed by atoms with Crippen molar-refractivity contribution in [3.8, 4) is 11.5 Å². The first kappa shape index (κ1) is 15.1. The summed E-state index contributed by atoms with van der Waals surface area (Å²) >= 11 is 0. The van der Waals surface area contributed by atoms with Gasteiger partial charge in [-0.05, 0) is 36.6 Å². The summed E-state index contributed by atoms with van der Waals surface area (Å²) < 4.78 is 10.7. The largest absolute Gasteiger partial charge is 0.497 e. The van der Waals surface area contributed by atoms with Crippen LogP contribution in [0.3, 0.4) is 0 Å². The molecule has 0 aromatic heterocycles. The Bertz CT molecular complexity index is 460. The van der Waals surface area contributed by atoms with E-state index in [-0.39, 0.29) is 6.04 Å². The van der Waals surface area contributed by atoms with Crippen molar-refractivity contribution < 1.29 is 9.47 Å². The molecule has 4 nitrogen and oxygen atoms in total. The molecular weight excluding hydrogens is 252 g/mol. The molecule has 112 valence electrons. The zero-order valence-electron chi connectivity index (χ0n) is 13.0. The molecule has 1 unspecified atom stereocenters. The van der Waals surface area contributed by atoms with E-state index >= 15 is 0 Å². The minimum Gasteiger partial charge on any atom is -0.497 e. The lowest BCUT2D eigenvalue weighted by atomic mass is 9.93. The second-order valence-electron chi connectivity index (χ2n) is 6.36. The van der Waals surface area contributed by atoms with Crippen LogP contribution in [0, 0.1) is 5.41 Å². The van der Waals surface area contributed by atoms with E-state index in [9.17, 15) is 0 Å². The Kier molecular flexibility index (Phi) is 4.55. The molecule has 20 heavy (non-hydrogen) atoms. The Hall–Kier alpha value is -1.26. The molecule has 2 rings (SSSR count). The van der Waals surface area contributed by atoms with Crippen LogP contribution in [0.25, 0.3) is 0 Å². The molecule has 0 radical (unpaired) electrons. The highest BCUT2D eigenvalue weighted by molar-refractivity contribution is 5.42. The van der Waals surface area contributed by atoms with Crippen molar-refractivity contribution in [3.63, 3.8) is 0 Å². The Morgan fingerprint density at radius 1 is 1.30 bits per heavy atom. The van der Waals surface area contributed by atoms with Gasteiger partial charge in [-0.25, -0.2) is 0 Å². The van der Waals surface area contributed by atoms with E-state index < -0.39 is 0 Å². The molecule has 1 atom stereocenters. The van der Waals surface area contributed by atoms with Crippen molar-refractivity contribution in [1.82, 2.24) is 4.90 Å². The van der Waals surface area contributed by atoms with Gasteiger partial charge in [-0.15, -0.1) is 0 Å². The number of nitrogens with zero attached hydrogens (tertiary/aromatic N) is 1. The van der Waals surface area contributed by atoms with Crippen LogP contribution < -0.4 is 15.2 Å². The number of ether oxygens (including phenoxy) is 2. The molecule has 0 bridgehead atoms. The molecule has 1 aromatic carbocycles. The van der Waals surface area contributed by atoms with Gasteiger partial charge in [0.1, 0.15) is 11.5 Å². The summed E-state index contributed by atoms with van der Waals surface area (Å²) in [5, 5.41) is 0. The molecule has 1 aliphatic heterocycles. The molecule has 1 fully saturated rings. The van der Waals surface area contributed by atoms with Gasteiger partial charge >= 0.3 is 0 Å². The van der Waals surface area contributed by atoms with Crippen molar-refractivity contribution in [2.75, 3.05) is 33.9 Å². The standard InChI is InChI=1S/C16H26N2O2/c1-16(2)7-8-18(11-16)10-14(17)13-9-12(19-3)5-6-15(13)20-4/h5-6,9,14H,7-8,10-11,17H2,1-4H3. The predicted molar refractivity (Wildman–Crippen MR) is 81.3 cm³/mol. The summed E-state index contributed by atoms with van der Waals surface area (Å²) in [4.78, 5) is 2.43. The Morgan fingerprint density at radius 3 is 2.60 bits per heavy atom. The lowest BCUT2D eigenvalue weighted by molar-refractivity contribution is 0.273. The van der Waals surface area contributed by atoms with Crippen LogP contribution in [0.4, 0.5) is 0 Å². The van der Waals surface area contributed by atoms with E-state index in [2.05, 4.69) is 18.7 Å². The summed E-state index contributed by atoms with van der Waals surface area (Å²) in [5.41, 5.74) is 7.80. The number of likely N-dealkylation sites (tertiary alicyclic amines) is 1. The van der Waals surface area contributed by atoms with Crippen molar-refractivity contribution in [1.29, 1.82) is 0 Å². The van der Waals surface area contributed by atoms with Crippen LogP contribution >= 0.6 is 0 Å². The molecule has 1 aliphatic rings. The third-order valence-corrected chi connectivity index (χ3v) is 4.05. The van der Waals surface area contributed by atoms with Gasteiger partial charge in [0.05, 0.1) is 14.2 Å². The zero-order valence-corrected chi connectivity index (χ0v) is 13.0. The normalized spacial score (nSPS) is 19.9. The van der Waals surface area contributed by atoms with Gasteiger partial charge in [-0.3, -0.25) is 0 Å². The fourth-order valence-corrected chi connectivity index (χ4v) is 2.89. The van der Waals surface area contributed by atoms with Crippen LogP contribution in [0.15, 0.2) is 18.2 Å². The van der Waals surface area contributed by atoms with Crippen LogP contribution in [0.2, 0.25) is 0 Å². The van der Waals surface area contributed by atoms with E-state index in [0.717, 1.165) is 36.7 Å². The molecule has 1 aromatic rings. The third kappa shape index (κ3) is 3.44. The Balaban J connectivity index is 2.10.